The lowest BCUT2D eigenvalue weighted by Gasteiger charge is -2.19. The summed E-state index contributed by atoms with van der Waals surface area (Å²) < 4.78 is 0. The Hall–Kier alpha value is -5.90. The fraction of sp³-hybridized carbons (Fsp3) is 0.0435. The number of nitrogens with zero attached hydrogens (tertiary/aromatic N) is 2. The summed E-state index contributed by atoms with van der Waals surface area (Å²) in [5.41, 5.74) is 12.8. The third-order valence-corrected chi connectivity index (χ3v) is 13.4. The van der Waals surface area contributed by atoms with Gasteiger partial charge < -0.3 is 0 Å². The summed E-state index contributed by atoms with van der Waals surface area (Å²) in [5, 5.41) is 5.15. The Bertz CT molecular complexity index is 2530. The first-order valence-corrected chi connectivity index (χ1v) is 19.9. The molecule has 1 aliphatic heterocycles. The number of aromatic nitrogens is 2. The van der Waals surface area contributed by atoms with Gasteiger partial charge in [0.25, 0.3) is 0 Å². The van der Waals surface area contributed by atoms with Crippen LogP contribution in [0.5, 0.6) is 0 Å². The minimum Gasteiger partial charge on any atom is -0.237 e. The maximum Gasteiger partial charge on any atom is 0.159 e. The predicted molar refractivity (Wildman–Crippen MR) is 209 cm³/mol. The summed E-state index contributed by atoms with van der Waals surface area (Å²) in [6.07, 6.45) is 0. The van der Waals surface area contributed by atoms with Crippen LogP contribution in [0, 0.1) is 0 Å². The summed E-state index contributed by atoms with van der Waals surface area (Å²) >= 11 is 0. The molecule has 0 spiro atoms. The van der Waals surface area contributed by atoms with E-state index in [9.17, 15) is 0 Å². The molecule has 0 saturated heterocycles. The highest BCUT2D eigenvalue weighted by Crippen LogP contribution is 2.38. The van der Waals surface area contributed by atoms with Crippen LogP contribution < -0.4 is 10.5 Å². The van der Waals surface area contributed by atoms with E-state index >= 15 is 0 Å². The SMILES string of the molecule is C[Si]1(C)c2ccccc2-c2c(-c3cccc(-c4ccccc4)c3)nc(-c3cccc(-c4cccc(-c5cccc6ccccc56)c4)c3)nc21. The van der Waals surface area contributed by atoms with Crippen LogP contribution in [0.3, 0.4) is 0 Å². The molecule has 0 aliphatic carbocycles. The molecule has 0 atom stereocenters. The highest BCUT2D eigenvalue weighted by atomic mass is 28.3. The molecule has 1 aromatic heterocycles. The molecule has 49 heavy (non-hydrogen) atoms. The molecule has 1 aliphatic rings. The highest BCUT2D eigenvalue weighted by molar-refractivity contribution is 7.03. The van der Waals surface area contributed by atoms with Crippen LogP contribution in [0.2, 0.25) is 13.1 Å². The molecule has 7 aromatic carbocycles. The largest absolute Gasteiger partial charge is 0.237 e. The van der Waals surface area contributed by atoms with Crippen molar-refractivity contribution in [2.24, 2.45) is 0 Å². The lowest BCUT2D eigenvalue weighted by Crippen LogP contribution is -2.50. The van der Waals surface area contributed by atoms with Crippen molar-refractivity contribution in [3.05, 3.63) is 170 Å². The minimum atomic E-state index is -2.08. The van der Waals surface area contributed by atoms with Crippen molar-refractivity contribution in [3.8, 4) is 67.2 Å². The highest BCUT2D eigenvalue weighted by Gasteiger charge is 2.41. The van der Waals surface area contributed by atoms with E-state index in [0.29, 0.717) is 0 Å². The Morgan fingerprint density at radius 3 is 1.76 bits per heavy atom. The van der Waals surface area contributed by atoms with Crippen LogP contribution in [-0.4, -0.2) is 18.0 Å². The zero-order valence-electron chi connectivity index (χ0n) is 27.6. The molecule has 0 bridgehead atoms. The van der Waals surface area contributed by atoms with E-state index in [0.717, 1.165) is 28.2 Å². The van der Waals surface area contributed by atoms with Crippen molar-refractivity contribution in [2.45, 2.75) is 13.1 Å². The Labute approximate surface area is 288 Å². The quantitative estimate of drug-likeness (QED) is 0.175. The van der Waals surface area contributed by atoms with Crippen molar-refractivity contribution < 1.29 is 0 Å². The topological polar surface area (TPSA) is 25.8 Å². The summed E-state index contributed by atoms with van der Waals surface area (Å²) in [4.78, 5) is 10.9. The molecule has 3 heteroatoms. The third-order valence-electron chi connectivity index (χ3n) is 10.0. The number of hydrogen-bond donors (Lipinski definition) is 0. The molecular weight excluding hydrogens is 609 g/mol. The Morgan fingerprint density at radius 2 is 0.939 bits per heavy atom. The van der Waals surface area contributed by atoms with Gasteiger partial charge in [0.15, 0.2) is 5.82 Å². The van der Waals surface area contributed by atoms with E-state index in [2.05, 4.69) is 183 Å². The van der Waals surface area contributed by atoms with Gasteiger partial charge >= 0.3 is 0 Å². The van der Waals surface area contributed by atoms with Gasteiger partial charge in [-0.3, -0.25) is 0 Å². The molecule has 0 amide bonds. The predicted octanol–water partition coefficient (Wildman–Crippen LogP) is 10.8. The first kappa shape index (κ1) is 29.3. The second-order valence-electron chi connectivity index (χ2n) is 13.4. The monoisotopic (exact) mass is 642 g/mol. The van der Waals surface area contributed by atoms with Gasteiger partial charge in [-0.2, -0.15) is 0 Å². The summed E-state index contributed by atoms with van der Waals surface area (Å²) in [6.45, 7) is 4.85. The Kier molecular flexibility index (Phi) is 6.96. The molecule has 2 nitrogen and oxygen atoms in total. The zero-order valence-corrected chi connectivity index (χ0v) is 28.6. The molecule has 0 unspecified atom stereocenters. The van der Waals surface area contributed by atoms with E-state index in [4.69, 9.17) is 9.97 Å². The van der Waals surface area contributed by atoms with Crippen molar-refractivity contribution in [1.29, 1.82) is 0 Å². The molecule has 0 fully saturated rings. The second-order valence-corrected chi connectivity index (χ2v) is 17.7. The fourth-order valence-corrected chi connectivity index (χ4v) is 10.5. The van der Waals surface area contributed by atoms with Crippen molar-refractivity contribution >= 4 is 29.4 Å². The molecular formula is C46H34N2Si. The van der Waals surface area contributed by atoms with Gasteiger partial charge in [-0.05, 0) is 73.1 Å². The van der Waals surface area contributed by atoms with Crippen molar-refractivity contribution in [1.82, 2.24) is 9.97 Å². The van der Waals surface area contributed by atoms with Gasteiger partial charge in [-0.15, -0.1) is 0 Å². The van der Waals surface area contributed by atoms with Crippen LogP contribution in [0.15, 0.2) is 170 Å². The van der Waals surface area contributed by atoms with Gasteiger partial charge in [-0.1, -0.05) is 165 Å². The van der Waals surface area contributed by atoms with Crippen molar-refractivity contribution in [3.63, 3.8) is 0 Å². The van der Waals surface area contributed by atoms with Crippen LogP contribution >= 0.6 is 0 Å². The average molecular weight is 643 g/mol. The molecule has 0 saturated carbocycles. The Morgan fingerprint density at radius 1 is 0.408 bits per heavy atom. The standard InChI is InChI=1S/C46H34N2Si/c1-49(2)42-27-9-8-25-41(42)43-44(37-22-11-18-33(29-37)31-14-4-3-5-15-31)47-45(48-46(43)49)38-23-12-20-35(30-38)34-19-10-21-36(28-34)40-26-13-17-32-16-6-7-24-39(32)40/h3-30H,1-2H3. The van der Waals surface area contributed by atoms with Crippen LogP contribution in [-0.2, 0) is 0 Å². The summed E-state index contributed by atoms with van der Waals surface area (Å²) in [7, 11) is -2.08. The maximum atomic E-state index is 5.44. The fourth-order valence-electron chi connectivity index (χ4n) is 7.54. The smallest absolute Gasteiger partial charge is 0.159 e. The van der Waals surface area contributed by atoms with E-state index in [-0.39, 0.29) is 0 Å². The first-order chi connectivity index (χ1) is 24.0. The van der Waals surface area contributed by atoms with Gasteiger partial charge in [0, 0.05) is 22.0 Å². The number of rotatable bonds is 5. The third kappa shape index (κ3) is 5.02. The molecule has 8 aromatic rings. The van der Waals surface area contributed by atoms with E-state index in [1.54, 1.807) is 0 Å². The number of hydrogen-bond acceptors (Lipinski definition) is 2. The lowest BCUT2D eigenvalue weighted by molar-refractivity contribution is 1.21. The summed E-state index contributed by atoms with van der Waals surface area (Å²) in [5.74, 6) is 0.777. The summed E-state index contributed by atoms with van der Waals surface area (Å²) in [6, 6.07) is 61.0. The maximum absolute atomic E-state index is 5.44. The van der Waals surface area contributed by atoms with Gasteiger partial charge in [0.05, 0.1) is 5.69 Å². The van der Waals surface area contributed by atoms with E-state index < -0.39 is 8.07 Å². The van der Waals surface area contributed by atoms with Gasteiger partial charge in [0.1, 0.15) is 8.07 Å². The van der Waals surface area contributed by atoms with E-state index in [1.165, 1.54) is 60.2 Å². The average Bonchev–Trinajstić information content (AvgIpc) is 3.40. The van der Waals surface area contributed by atoms with Crippen LogP contribution in [0.4, 0.5) is 0 Å². The molecule has 232 valence electrons. The first-order valence-electron chi connectivity index (χ1n) is 16.9. The normalized spacial score (nSPS) is 12.9. The van der Waals surface area contributed by atoms with Gasteiger partial charge in [0.2, 0.25) is 0 Å². The molecule has 0 N–H and O–H groups in total. The molecule has 0 radical (unpaired) electrons. The molecule has 2 heterocycles. The van der Waals surface area contributed by atoms with E-state index in [1.807, 2.05) is 0 Å². The van der Waals surface area contributed by atoms with Crippen molar-refractivity contribution in [2.75, 3.05) is 0 Å². The number of fused-ring (bicyclic) bond motifs is 4. The second kappa shape index (κ2) is 11.7. The Balaban J connectivity index is 1.19. The minimum absolute atomic E-state index is 0.777. The van der Waals surface area contributed by atoms with Gasteiger partial charge in [-0.25, -0.2) is 9.97 Å². The lowest BCUT2D eigenvalue weighted by atomic mass is 9.94. The molecule has 9 rings (SSSR count). The zero-order chi connectivity index (χ0) is 33.0. The van der Waals surface area contributed by atoms with Crippen LogP contribution in [0.25, 0.3) is 77.9 Å². The van der Waals surface area contributed by atoms with Crippen LogP contribution in [0.1, 0.15) is 0 Å². The number of benzene rings is 7.